The van der Waals surface area contributed by atoms with Gasteiger partial charge in [0.1, 0.15) is 5.69 Å². The molecule has 0 unspecified atom stereocenters. The fourth-order valence-electron chi connectivity index (χ4n) is 3.32. The third kappa shape index (κ3) is 4.48. The molecule has 0 bridgehead atoms. The van der Waals surface area contributed by atoms with Gasteiger partial charge in [-0.15, -0.1) is 11.3 Å². The normalized spacial score (nSPS) is 14.6. The Morgan fingerprint density at radius 2 is 1.90 bits per heavy atom. The van der Waals surface area contributed by atoms with E-state index in [4.69, 9.17) is 4.98 Å². The van der Waals surface area contributed by atoms with Crippen molar-refractivity contribution in [3.05, 3.63) is 47.2 Å². The molecule has 1 fully saturated rings. The summed E-state index contributed by atoms with van der Waals surface area (Å²) in [5.41, 5.74) is 2.46. The highest BCUT2D eigenvalue weighted by Crippen LogP contribution is 2.28. The number of pyridine rings is 1. The van der Waals surface area contributed by atoms with Crippen molar-refractivity contribution in [1.29, 1.82) is 0 Å². The van der Waals surface area contributed by atoms with Crippen LogP contribution in [-0.4, -0.2) is 38.9 Å². The van der Waals surface area contributed by atoms with Crippen LogP contribution >= 0.6 is 11.3 Å². The Hall–Kier alpha value is -2.87. The molecular weight excluding hydrogens is 396 g/mol. The molecule has 0 aliphatic carbocycles. The maximum atomic E-state index is 13.1. The number of carbonyl (C=O) groups is 1. The van der Waals surface area contributed by atoms with Crippen LogP contribution in [0.4, 0.5) is 11.1 Å². The molecule has 4 rings (SSSR count). The molecule has 1 aliphatic heterocycles. The molecule has 0 radical (unpaired) electrons. The second-order valence-electron chi connectivity index (χ2n) is 8.44. The molecular formula is C22H26N6OS. The summed E-state index contributed by atoms with van der Waals surface area (Å²) in [6.07, 6.45) is 6.80. The Kier molecular flexibility index (Phi) is 5.76. The van der Waals surface area contributed by atoms with E-state index >= 15 is 0 Å². The summed E-state index contributed by atoms with van der Waals surface area (Å²) in [4.78, 5) is 33.5. The summed E-state index contributed by atoms with van der Waals surface area (Å²) in [7, 11) is 0. The molecule has 0 atom stereocenters. The number of hydrogen-bond acceptors (Lipinski definition) is 7. The predicted molar refractivity (Wildman–Crippen MR) is 120 cm³/mol. The van der Waals surface area contributed by atoms with Crippen molar-refractivity contribution in [1.82, 2.24) is 19.9 Å². The highest BCUT2D eigenvalue weighted by Gasteiger charge is 2.22. The molecule has 1 aliphatic rings. The zero-order valence-electron chi connectivity index (χ0n) is 17.6. The number of piperidine rings is 1. The van der Waals surface area contributed by atoms with Gasteiger partial charge in [0, 0.05) is 36.3 Å². The smallest absolute Gasteiger partial charge is 0.261 e. The lowest BCUT2D eigenvalue weighted by atomic mass is 9.93. The molecule has 1 saturated heterocycles. The lowest BCUT2D eigenvalue weighted by Crippen LogP contribution is -2.31. The number of rotatable bonds is 4. The number of anilines is 2. The Labute approximate surface area is 180 Å². The van der Waals surface area contributed by atoms with Crippen LogP contribution in [0.2, 0.25) is 0 Å². The lowest BCUT2D eigenvalue weighted by molar-refractivity contribution is 0.102. The summed E-state index contributed by atoms with van der Waals surface area (Å²) in [5, 5.41) is 5.45. The van der Waals surface area contributed by atoms with E-state index in [1.165, 1.54) is 17.8 Å². The maximum absolute atomic E-state index is 13.1. The molecule has 1 N–H and O–H groups in total. The number of thiazole rings is 1. The second-order valence-corrected chi connectivity index (χ2v) is 9.30. The Morgan fingerprint density at radius 3 is 2.57 bits per heavy atom. The van der Waals surface area contributed by atoms with Crippen molar-refractivity contribution in [3.8, 4) is 11.4 Å². The van der Waals surface area contributed by atoms with Gasteiger partial charge in [0.05, 0.1) is 17.0 Å². The molecule has 1 amide bonds. The highest BCUT2D eigenvalue weighted by molar-refractivity contribution is 7.14. The van der Waals surface area contributed by atoms with Crippen LogP contribution in [0.3, 0.4) is 0 Å². The van der Waals surface area contributed by atoms with E-state index in [1.807, 2.05) is 23.6 Å². The van der Waals surface area contributed by atoms with Crippen molar-refractivity contribution in [2.45, 2.75) is 45.4 Å². The third-order valence-corrected chi connectivity index (χ3v) is 5.82. The Bertz CT molecular complexity index is 1020. The second kappa shape index (κ2) is 8.47. The quantitative estimate of drug-likeness (QED) is 0.665. The van der Waals surface area contributed by atoms with E-state index in [2.05, 4.69) is 45.9 Å². The van der Waals surface area contributed by atoms with Gasteiger partial charge in [0.25, 0.3) is 5.91 Å². The van der Waals surface area contributed by atoms with Crippen molar-refractivity contribution in [2.75, 3.05) is 23.3 Å². The van der Waals surface area contributed by atoms with Crippen LogP contribution in [-0.2, 0) is 5.41 Å². The van der Waals surface area contributed by atoms with E-state index < -0.39 is 0 Å². The summed E-state index contributed by atoms with van der Waals surface area (Å²) < 4.78 is 0. The molecule has 4 heterocycles. The van der Waals surface area contributed by atoms with Crippen molar-refractivity contribution in [3.63, 3.8) is 0 Å². The Morgan fingerprint density at radius 1 is 1.10 bits per heavy atom. The van der Waals surface area contributed by atoms with Crippen LogP contribution < -0.4 is 10.2 Å². The van der Waals surface area contributed by atoms with Gasteiger partial charge >= 0.3 is 0 Å². The number of amides is 1. The zero-order valence-corrected chi connectivity index (χ0v) is 18.4. The minimum atomic E-state index is -0.282. The van der Waals surface area contributed by atoms with Crippen LogP contribution in [0.15, 0.2) is 36.0 Å². The zero-order chi connectivity index (χ0) is 21.1. The first kappa shape index (κ1) is 20.4. The summed E-state index contributed by atoms with van der Waals surface area (Å²) in [6, 6.07) is 5.60. The first-order chi connectivity index (χ1) is 14.4. The van der Waals surface area contributed by atoms with Gasteiger partial charge in [0.15, 0.2) is 5.13 Å². The first-order valence-corrected chi connectivity index (χ1v) is 11.1. The van der Waals surface area contributed by atoms with Crippen LogP contribution in [0.1, 0.15) is 56.1 Å². The number of nitrogens with zero attached hydrogens (tertiary/aromatic N) is 5. The van der Waals surface area contributed by atoms with E-state index in [0.717, 1.165) is 31.6 Å². The molecule has 8 heteroatoms. The predicted octanol–water partition coefficient (Wildman–Crippen LogP) is 4.54. The monoisotopic (exact) mass is 422 g/mol. The molecule has 0 saturated carbocycles. The third-order valence-electron chi connectivity index (χ3n) is 5.06. The molecule has 3 aromatic rings. The van der Waals surface area contributed by atoms with Gasteiger partial charge in [-0.25, -0.2) is 15.0 Å². The molecule has 156 valence electrons. The summed E-state index contributed by atoms with van der Waals surface area (Å²) in [5.74, 6) is 0.367. The van der Waals surface area contributed by atoms with Crippen LogP contribution in [0.5, 0.6) is 0 Å². The van der Waals surface area contributed by atoms with Gasteiger partial charge < -0.3 is 4.90 Å². The number of carbonyl (C=O) groups excluding carboxylic acids is 1. The van der Waals surface area contributed by atoms with Crippen LogP contribution in [0.25, 0.3) is 11.4 Å². The summed E-state index contributed by atoms with van der Waals surface area (Å²) in [6.45, 7) is 8.16. The van der Waals surface area contributed by atoms with Crippen molar-refractivity contribution in [2.24, 2.45) is 0 Å². The van der Waals surface area contributed by atoms with Gasteiger partial charge in [-0.1, -0.05) is 26.8 Å². The van der Waals surface area contributed by atoms with Crippen LogP contribution in [0, 0.1) is 0 Å². The number of hydrogen-bond donors (Lipinski definition) is 1. The minimum Gasteiger partial charge on any atom is -0.341 e. The molecule has 3 aromatic heterocycles. The minimum absolute atomic E-state index is 0.0716. The van der Waals surface area contributed by atoms with E-state index in [-0.39, 0.29) is 11.3 Å². The number of nitrogens with one attached hydrogen (secondary N) is 1. The van der Waals surface area contributed by atoms with Gasteiger partial charge in [-0.3, -0.25) is 15.1 Å². The van der Waals surface area contributed by atoms with E-state index in [9.17, 15) is 4.79 Å². The van der Waals surface area contributed by atoms with Gasteiger partial charge in [-0.2, -0.15) is 0 Å². The van der Waals surface area contributed by atoms with Gasteiger partial charge in [0.2, 0.25) is 5.95 Å². The van der Waals surface area contributed by atoms with E-state index in [0.29, 0.717) is 28.0 Å². The fourth-order valence-corrected chi connectivity index (χ4v) is 4.26. The van der Waals surface area contributed by atoms with E-state index in [1.54, 1.807) is 12.4 Å². The SMILES string of the molecule is CC(C)(C)c1csc(NC(=O)c2cnc(N3CCCCC3)nc2-c2ccccn2)n1. The summed E-state index contributed by atoms with van der Waals surface area (Å²) >= 11 is 1.42. The largest absolute Gasteiger partial charge is 0.341 e. The Balaban J connectivity index is 1.66. The lowest BCUT2D eigenvalue weighted by Gasteiger charge is -2.27. The first-order valence-electron chi connectivity index (χ1n) is 10.2. The fraction of sp³-hybridized carbons (Fsp3) is 0.409. The topological polar surface area (TPSA) is 83.9 Å². The maximum Gasteiger partial charge on any atom is 0.261 e. The van der Waals surface area contributed by atoms with Crippen molar-refractivity contribution >= 4 is 28.3 Å². The molecule has 7 nitrogen and oxygen atoms in total. The van der Waals surface area contributed by atoms with Crippen molar-refractivity contribution < 1.29 is 4.79 Å². The molecule has 0 spiro atoms. The van der Waals surface area contributed by atoms with Gasteiger partial charge in [-0.05, 0) is 31.4 Å². The molecule has 0 aromatic carbocycles. The number of aromatic nitrogens is 4. The average molecular weight is 423 g/mol. The standard InChI is InChI=1S/C22H26N6OS/c1-22(2,3)17-14-30-21(25-17)27-19(29)15-13-24-20(28-11-7-4-8-12-28)26-18(15)16-9-5-6-10-23-16/h5-6,9-10,13-14H,4,7-8,11-12H2,1-3H3,(H,25,27,29). The average Bonchev–Trinajstić information content (AvgIpc) is 3.24. The molecule has 30 heavy (non-hydrogen) atoms. The highest BCUT2D eigenvalue weighted by atomic mass is 32.1.